The first-order chi connectivity index (χ1) is 16.0. The highest BCUT2D eigenvalue weighted by Gasteiger charge is 2.22. The second kappa shape index (κ2) is 12.2. The molecule has 0 aliphatic heterocycles. The van der Waals surface area contributed by atoms with E-state index in [1.165, 1.54) is 24.3 Å². The number of amides is 2. The Morgan fingerprint density at radius 2 is 1.65 bits per heavy atom. The maximum absolute atomic E-state index is 15.5. The third-order valence-corrected chi connectivity index (χ3v) is 4.99. The Labute approximate surface area is 199 Å². The summed E-state index contributed by atoms with van der Waals surface area (Å²) in [6, 6.07) is 6.54. The second-order valence-corrected chi connectivity index (χ2v) is 9.10. The van der Waals surface area contributed by atoms with Gasteiger partial charge in [0.1, 0.15) is 17.5 Å². The summed E-state index contributed by atoms with van der Waals surface area (Å²) in [4.78, 5) is 14.8. The lowest BCUT2D eigenvalue weighted by Gasteiger charge is -2.31. The van der Waals surface area contributed by atoms with Gasteiger partial charge in [-0.15, -0.1) is 0 Å². The lowest BCUT2D eigenvalue weighted by atomic mass is 10.1. The summed E-state index contributed by atoms with van der Waals surface area (Å²) in [6.45, 7) is 11.1. The summed E-state index contributed by atoms with van der Waals surface area (Å²) in [7, 11) is 0. The van der Waals surface area contributed by atoms with E-state index in [9.17, 15) is 9.18 Å². The van der Waals surface area contributed by atoms with Crippen molar-refractivity contribution < 1.29 is 13.6 Å². The zero-order valence-corrected chi connectivity index (χ0v) is 20.4. The van der Waals surface area contributed by atoms with Gasteiger partial charge in [0.15, 0.2) is 0 Å². The molecule has 0 unspecified atom stereocenters. The summed E-state index contributed by atoms with van der Waals surface area (Å²) in [5.41, 5.74) is 4.49. The SMILES string of the molecule is Cc1cc(F)ccc1NC(=O)Nc1cc(C/C(=N/N)NN)cc(F)c1N(CC(C)C)CC(C)C. The number of carbonyl (C=O) groups excluding carboxylic acids is 1. The molecular weight excluding hydrogens is 440 g/mol. The molecule has 2 aromatic carbocycles. The number of amidine groups is 1. The molecule has 8 nitrogen and oxygen atoms in total. The number of hydrogen-bond donors (Lipinski definition) is 5. The van der Waals surface area contributed by atoms with Crippen LogP contribution in [-0.2, 0) is 6.42 Å². The predicted molar refractivity (Wildman–Crippen MR) is 135 cm³/mol. The molecule has 0 aliphatic rings. The second-order valence-electron chi connectivity index (χ2n) is 9.10. The molecule has 2 amide bonds. The summed E-state index contributed by atoms with van der Waals surface area (Å²) in [5.74, 6) is 10.6. The molecular formula is C24H35F2N7O. The lowest BCUT2D eigenvalue weighted by molar-refractivity contribution is 0.262. The number of hydrazine groups is 1. The van der Waals surface area contributed by atoms with Crippen LogP contribution in [-0.4, -0.2) is 25.0 Å². The van der Waals surface area contributed by atoms with E-state index in [0.29, 0.717) is 41.3 Å². The fraction of sp³-hybridized carbons (Fsp3) is 0.417. The maximum atomic E-state index is 15.5. The molecule has 7 N–H and O–H groups in total. The van der Waals surface area contributed by atoms with E-state index in [-0.39, 0.29) is 24.1 Å². The van der Waals surface area contributed by atoms with Crippen molar-refractivity contribution in [2.75, 3.05) is 28.6 Å². The van der Waals surface area contributed by atoms with Gasteiger partial charge in [0.05, 0.1) is 11.4 Å². The van der Waals surface area contributed by atoms with E-state index in [2.05, 4.69) is 21.2 Å². The fourth-order valence-electron chi connectivity index (χ4n) is 3.68. The Hall–Kier alpha value is -3.40. The Kier molecular flexibility index (Phi) is 9.61. The van der Waals surface area contributed by atoms with E-state index in [4.69, 9.17) is 11.7 Å². The third-order valence-electron chi connectivity index (χ3n) is 4.99. The highest BCUT2D eigenvalue weighted by molar-refractivity contribution is 6.02. The van der Waals surface area contributed by atoms with Crippen molar-refractivity contribution in [2.45, 2.75) is 41.0 Å². The van der Waals surface area contributed by atoms with Gasteiger partial charge in [0.25, 0.3) is 0 Å². The van der Waals surface area contributed by atoms with Crippen LogP contribution in [0.15, 0.2) is 35.4 Å². The van der Waals surface area contributed by atoms with Gasteiger partial charge in [-0.25, -0.2) is 19.4 Å². The zero-order valence-electron chi connectivity index (χ0n) is 20.4. The molecule has 2 rings (SSSR count). The summed E-state index contributed by atoms with van der Waals surface area (Å²) in [6.07, 6.45) is 0.145. The number of hydrazone groups is 1. The molecule has 10 heteroatoms. The highest BCUT2D eigenvalue weighted by Crippen LogP contribution is 2.33. The van der Waals surface area contributed by atoms with Gasteiger partial charge < -0.3 is 26.8 Å². The summed E-state index contributed by atoms with van der Waals surface area (Å²) >= 11 is 0. The molecule has 0 heterocycles. The Bertz CT molecular complexity index is 1010. The molecule has 0 spiro atoms. The van der Waals surface area contributed by atoms with Gasteiger partial charge in [0.2, 0.25) is 0 Å². The Morgan fingerprint density at radius 1 is 1.03 bits per heavy atom. The molecule has 0 aromatic heterocycles. The van der Waals surface area contributed by atoms with E-state index >= 15 is 4.39 Å². The number of benzene rings is 2. The Morgan fingerprint density at radius 3 is 2.18 bits per heavy atom. The minimum absolute atomic E-state index is 0.145. The van der Waals surface area contributed by atoms with Crippen LogP contribution < -0.4 is 32.6 Å². The van der Waals surface area contributed by atoms with Crippen molar-refractivity contribution in [3.63, 3.8) is 0 Å². The number of nitrogens with zero attached hydrogens (tertiary/aromatic N) is 2. The van der Waals surface area contributed by atoms with Crippen molar-refractivity contribution in [1.29, 1.82) is 0 Å². The number of nitrogens with one attached hydrogen (secondary N) is 3. The average molecular weight is 476 g/mol. The number of aryl methyl sites for hydroxylation is 1. The number of hydrogen-bond acceptors (Lipinski definition) is 5. The molecule has 186 valence electrons. The van der Waals surface area contributed by atoms with E-state index in [1.807, 2.05) is 32.6 Å². The van der Waals surface area contributed by atoms with Gasteiger partial charge in [-0.1, -0.05) is 27.7 Å². The van der Waals surface area contributed by atoms with Crippen LogP contribution in [0.1, 0.15) is 38.8 Å². The van der Waals surface area contributed by atoms with E-state index < -0.39 is 17.7 Å². The van der Waals surface area contributed by atoms with E-state index in [0.717, 1.165) is 0 Å². The van der Waals surface area contributed by atoms with Crippen molar-refractivity contribution in [2.24, 2.45) is 28.6 Å². The zero-order chi connectivity index (χ0) is 25.4. The molecule has 34 heavy (non-hydrogen) atoms. The standard InChI is InChI=1S/C24H35F2N7O/c1-14(2)12-33(13-15(3)4)23-19(26)9-17(11-22(31-27)32-28)10-21(23)30-24(34)29-20-7-6-18(25)8-16(20)5/h6-10,14-15H,11-13,27-28H2,1-5H3,(H,31,32)(H2,29,30,34). The topological polar surface area (TPSA) is 121 Å². The number of rotatable bonds is 9. The normalized spacial score (nSPS) is 11.6. The Balaban J connectivity index is 2.48. The minimum atomic E-state index is -0.578. The van der Waals surface area contributed by atoms with Gasteiger partial charge in [-0.05, 0) is 60.2 Å². The summed E-state index contributed by atoms with van der Waals surface area (Å²) < 4.78 is 29.0. The molecule has 0 saturated heterocycles. The van der Waals surface area contributed by atoms with Gasteiger partial charge >= 0.3 is 6.03 Å². The highest BCUT2D eigenvalue weighted by atomic mass is 19.1. The summed E-state index contributed by atoms with van der Waals surface area (Å²) in [5, 5.41) is 9.02. The van der Waals surface area contributed by atoms with Crippen LogP contribution in [0.25, 0.3) is 0 Å². The van der Waals surface area contributed by atoms with Crippen LogP contribution in [0.3, 0.4) is 0 Å². The van der Waals surface area contributed by atoms with Crippen LogP contribution in [0.2, 0.25) is 0 Å². The van der Waals surface area contributed by atoms with Crippen molar-refractivity contribution in [1.82, 2.24) is 5.43 Å². The molecule has 0 saturated carbocycles. The van der Waals surface area contributed by atoms with Crippen molar-refractivity contribution in [3.05, 3.63) is 53.1 Å². The first-order valence-electron chi connectivity index (χ1n) is 11.2. The van der Waals surface area contributed by atoms with Crippen LogP contribution in [0.5, 0.6) is 0 Å². The van der Waals surface area contributed by atoms with Crippen molar-refractivity contribution >= 4 is 28.9 Å². The molecule has 0 fully saturated rings. The minimum Gasteiger partial charge on any atom is -0.367 e. The molecule has 0 bridgehead atoms. The number of nitrogens with two attached hydrogens (primary N) is 2. The van der Waals surface area contributed by atoms with Gasteiger partial charge in [-0.2, -0.15) is 5.10 Å². The largest absolute Gasteiger partial charge is 0.367 e. The number of anilines is 3. The van der Waals surface area contributed by atoms with E-state index in [1.54, 1.807) is 13.0 Å². The monoisotopic (exact) mass is 475 g/mol. The molecule has 2 aromatic rings. The smallest absolute Gasteiger partial charge is 0.323 e. The third kappa shape index (κ3) is 7.58. The quantitative estimate of drug-likeness (QED) is 0.160. The predicted octanol–water partition coefficient (Wildman–Crippen LogP) is 4.31. The number of urea groups is 1. The molecule has 0 atom stereocenters. The van der Waals surface area contributed by atoms with Gasteiger partial charge in [0, 0.05) is 25.2 Å². The number of halogens is 2. The average Bonchev–Trinajstić information content (AvgIpc) is 2.72. The van der Waals surface area contributed by atoms with Crippen LogP contribution in [0.4, 0.5) is 30.6 Å². The first-order valence-corrected chi connectivity index (χ1v) is 11.2. The van der Waals surface area contributed by atoms with Crippen LogP contribution in [0, 0.1) is 30.4 Å². The first kappa shape index (κ1) is 26.8. The van der Waals surface area contributed by atoms with Gasteiger partial charge in [-0.3, -0.25) is 0 Å². The molecule has 0 aliphatic carbocycles. The lowest BCUT2D eigenvalue weighted by Crippen LogP contribution is -2.34. The number of carbonyl (C=O) groups is 1. The maximum Gasteiger partial charge on any atom is 0.323 e. The van der Waals surface area contributed by atoms with Crippen molar-refractivity contribution in [3.8, 4) is 0 Å². The fourth-order valence-corrected chi connectivity index (χ4v) is 3.68. The van der Waals surface area contributed by atoms with Crippen LogP contribution >= 0.6 is 0 Å². The molecule has 0 radical (unpaired) electrons.